The number of pyridine rings is 2. The number of hydrogen-bond acceptors (Lipinski definition) is 11. The number of nitro groups is 1. The Kier molecular flexibility index (Phi) is 8.04. The number of benzene rings is 1. The Morgan fingerprint density at radius 3 is 2.34 bits per heavy atom. The number of anilines is 4. The first-order chi connectivity index (χ1) is 22.7. The molecule has 0 bridgehead atoms. The highest BCUT2D eigenvalue weighted by Gasteiger charge is 2.57. The largest absolute Gasteiger partial charge is 0.479 e. The number of carbonyl (C=O) groups excluding carboxylic acids is 1. The zero-order valence-electron chi connectivity index (χ0n) is 26.1. The van der Waals surface area contributed by atoms with Gasteiger partial charge in [-0.1, -0.05) is 0 Å². The van der Waals surface area contributed by atoms with Crippen molar-refractivity contribution in [3.63, 3.8) is 0 Å². The standard InChI is InChI=1S/C32H35F2N7O6/c1-45-29-26(33)28(27(34)30(37-29)46-2)40-18-19-17-35-25(16-22(19)32(7-8-32)31(40)42)36-23-15-21(3-4-24(23)41(43)44)38-9-5-20(6-10-38)39-11-13-47-14-12-39/h3-4,15-17,20H,5-14,18H2,1-2H3,(H,35,36). The summed E-state index contributed by atoms with van der Waals surface area (Å²) in [5, 5.41) is 15.1. The molecule has 47 heavy (non-hydrogen) atoms. The molecule has 1 amide bonds. The number of aromatic nitrogens is 2. The van der Waals surface area contributed by atoms with Gasteiger partial charge in [-0.2, -0.15) is 13.8 Å². The van der Waals surface area contributed by atoms with Gasteiger partial charge in [-0.15, -0.1) is 0 Å². The maximum Gasteiger partial charge on any atom is 0.292 e. The van der Waals surface area contributed by atoms with Crippen molar-refractivity contribution in [2.75, 3.05) is 68.7 Å². The van der Waals surface area contributed by atoms with Gasteiger partial charge in [-0.25, -0.2) is 4.98 Å². The van der Waals surface area contributed by atoms with Crippen molar-refractivity contribution in [2.24, 2.45) is 0 Å². The predicted molar refractivity (Wildman–Crippen MR) is 168 cm³/mol. The monoisotopic (exact) mass is 651 g/mol. The van der Waals surface area contributed by atoms with Crippen LogP contribution in [0.25, 0.3) is 0 Å². The van der Waals surface area contributed by atoms with Gasteiger partial charge in [0.05, 0.1) is 44.3 Å². The van der Waals surface area contributed by atoms with E-state index >= 15 is 8.78 Å². The number of carbonyl (C=O) groups is 1. The fraction of sp³-hybridized carbons (Fsp3) is 0.469. The van der Waals surface area contributed by atoms with Crippen LogP contribution < -0.4 is 24.6 Å². The number of methoxy groups -OCH3 is 2. The van der Waals surface area contributed by atoms with E-state index in [0.29, 0.717) is 35.8 Å². The number of morpholine rings is 1. The number of nitrogens with zero attached hydrogens (tertiary/aromatic N) is 6. The lowest BCUT2D eigenvalue weighted by atomic mass is 9.86. The first-order valence-corrected chi connectivity index (χ1v) is 15.6. The van der Waals surface area contributed by atoms with Crippen LogP contribution in [0.1, 0.15) is 36.8 Å². The molecular weight excluding hydrogens is 616 g/mol. The number of piperidine rings is 1. The van der Waals surface area contributed by atoms with Crippen LogP contribution in [0, 0.1) is 21.7 Å². The summed E-state index contributed by atoms with van der Waals surface area (Å²) in [6.45, 7) is 4.90. The van der Waals surface area contributed by atoms with Gasteiger partial charge in [0.25, 0.3) is 17.4 Å². The Bertz CT molecular complexity index is 1700. The predicted octanol–water partition coefficient (Wildman–Crippen LogP) is 4.30. The number of halogens is 2. The molecule has 15 heteroatoms. The summed E-state index contributed by atoms with van der Waals surface area (Å²) in [6.07, 6.45) is 4.46. The van der Waals surface area contributed by atoms with Crippen molar-refractivity contribution in [3.05, 3.63) is 63.3 Å². The first kappa shape index (κ1) is 31.0. The van der Waals surface area contributed by atoms with Crippen LogP contribution in [0.3, 0.4) is 0 Å². The molecule has 0 atom stereocenters. The van der Waals surface area contributed by atoms with Gasteiger partial charge >= 0.3 is 0 Å². The number of hydrogen-bond donors (Lipinski definition) is 1. The average Bonchev–Trinajstić information content (AvgIpc) is 3.90. The van der Waals surface area contributed by atoms with Crippen molar-refractivity contribution in [2.45, 2.75) is 43.7 Å². The highest BCUT2D eigenvalue weighted by molar-refractivity contribution is 6.05. The highest BCUT2D eigenvalue weighted by Crippen LogP contribution is 2.55. The third-order valence-corrected chi connectivity index (χ3v) is 9.72. The van der Waals surface area contributed by atoms with E-state index < -0.39 is 45.3 Å². The smallest absolute Gasteiger partial charge is 0.292 e. The molecule has 0 unspecified atom stereocenters. The maximum atomic E-state index is 15.4. The molecule has 13 nitrogen and oxygen atoms in total. The van der Waals surface area contributed by atoms with E-state index in [-0.39, 0.29) is 17.9 Å². The number of nitrogens with one attached hydrogen (secondary N) is 1. The van der Waals surface area contributed by atoms with Gasteiger partial charge in [0, 0.05) is 50.2 Å². The highest BCUT2D eigenvalue weighted by atomic mass is 19.1. The van der Waals surface area contributed by atoms with E-state index in [4.69, 9.17) is 14.2 Å². The molecule has 7 rings (SSSR count). The second kappa shape index (κ2) is 12.2. The Hall–Kier alpha value is -4.63. The second-order valence-electron chi connectivity index (χ2n) is 12.3. The van der Waals surface area contributed by atoms with Crippen LogP contribution in [0.4, 0.5) is 37.3 Å². The zero-order valence-corrected chi connectivity index (χ0v) is 26.1. The maximum absolute atomic E-state index is 15.4. The summed E-state index contributed by atoms with van der Waals surface area (Å²) in [5.74, 6) is -3.35. The van der Waals surface area contributed by atoms with E-state index in [2.05, 4.69) is 25.1 Å². The molecule has 3 fully saturated rings. The van der Waals surface area contributed by atoms with E-state index in [1.165, 1.54) is 26.5 Å². The number of amides is 1. The molecule has 1 aliphatic carbocycles. The Morgan fingerprint density at radius 1 is 1.04 bits per heavy atom. The lowest BCUT2D eigenvalue weighted by molar-refractivity contribution is -0.383. The van der Waals surface area contributed by atoms with Gasteiger partial charge < -0.3 is 29.3 Å². The van der Waals surface area contributed by atoms with Crippen molar-refractivity contribution < 1.29 is 32.7 Å². The van der Waals surface area contributed by atoms with Gasteiger partial charge in [0.1, 0.15) is 17.2 Å². The van der Waals surface area contributed by atoms with Crippen LogP contribution in [0.2, 0.25) is 0 Å². The summed E-state index contributed by atoms with van der Waals surface area (Å²) in [4.78, 5) is 39.4. The van der Waals surface area contributed by atoms with Gasteiger partial charge in [-0.05, 0) is 55.0 Å². The number of fused-ring (bicyclic) bond motifs is 2. The molecule has 4 aliphatic rings. The molecule has 3 aliphatic heterocycles. The van der Waals surface area contributed by atoms with Crippen molar-refractivity contribution in [1.82, 2.24) is 14.9 Å². The van der Waals surface area contributed by atoms with E-state index in [0.717, 1.165) is 62.8 Å². The number of ether oxygens (including phenoxy) is 3. The van der Waals surface area contributed by atoms with Crippen molar-refractivity contribution in [1.29, 1.82) is 0 Å². The normalized spacial score (nSPS) is 19.4. The molecular formula is C32H35F2N7O6. The molecule has 2 aromatic heterocycles. The van der Waals surface area contributed by atoms with Gasteiger partial charge in [0.2, 0.25) is 17.5 Å². The van der Waals surface area contributed by atoms with Crippen LogP contribution >= 0.6 is 0 Å². The molecule has 0 radical (unpaired) electrons. The third kappa shape index (κ3) is 5.46. The quantitative estimate of drug-likeness (QED) is 0.276. The summed E-state index contributed by atoms with van der Waals surface area (Å²) in [7, 11) is 2.38. The number of rotatable bonds is 8. The van der Waals surface area contributed by atoms with Crippen molar-refractivity contribution >= 4 is 34.5 Å². The van der Waals surface area contributed by atoms with Crippen LogP contribution in [-0.4, -0.2) is 85.4 Å². The average molecular weight is 652 g/mol. The molecule has 1 aromatic carbocycles. The Morgan fingerprint density at radius 2 is 1.72 bits per heavy atom. The van der Waals surface area contributed by atoms with Crippen molar-refractivity contribution in [3.8, 4) is 11.8 Å². The molecule has 5 heterocycles. The minimum atomic E-state index is -1.11. The summed E-state index contributed by atoms with van der Waals surface area (Å²) in [6, 6.07) is 7.24. The molecule has 3 aromatic rings. The molecule has 1 saturated carbocycles. The van der Waals surface area contributed by atoms with Crippen LogP contribution in [0.5, 0.6) is 11.8 Å². The molecule has 248 valence electrons. The Balaban J connectivity index is 1.15. The Labute approximate surface area is 269 Å². The lowest BCUT2D eigenvalue weighted by Crippen LogP contribution is -2.49. The summed E-state index contributed by atoms with van der Waals surface area (Å²) < 4.78 is 46.2. The zero-order chi connectivity index (χ0) is 32.9. The molecule has 1 spiro atoms. The minimum Gasteiger partial charge on any atom is -0.479 e. The van der Waals surface area contributed by atoms with E-state index in [1.807, 2.05) is 0 Å². The second-order valence-corrected chi connectivity index (χ2v) is 12.3. The van der Waals surface area contributed by atoms with Gasteiger partial charge in [0.15, 0.2) is 0 Å². The van der Waals surface area contributed by atoms with Crippen LogP contribution in [-0.2, 0) is 21.5 Å². The summed E-state index contributed by atoms with van der Waals surface area (Å²) in [5.41, 5.74) is 0.721. The third-order valence-electron chi connectivity index (χ3n) is 9.72. The number of nitro benzene ring substituents is 1. The topological polar surface area (TPSA) is 135 Å². The minimum absolute atomic E-state index is 0.105. The fourth-order valence-electron chi connectivity index (χ4n) is 7.07. The van der Waals surface area contributed by atoms with Gasteiger partial charge in [-0.3, -0.25) is 19.8 Å². The molecule has 1 N–H and O–H groups in total. The molecule has 2 saturated heterocycles. The fourth-order valence-corrected chi connectivity index (χ4v) is 7.07. The van der Waals surface area contributed by atoms with E-state index in [1.54, 1.807) is 18.2 Å². The first-order valence-electron chi connectivity index (χ1n) is 15.6. The van der Waals surface area contributed by atoms with Crippen LogP contribution in [0.15, 0.2) is 30.5 Å². The lowest BCUT2D eigenvalue weighted by Gasteiger charge is -2.40. The SMILES string of the molecule is COc1nc(OC)c(F)c(N2Cc3cnc(Nc4cc(N5CCC(N6CCOCC6)CC5)ccc4[N+](=O)[O-])cc3C3(CC3)C2=O)c1F. The summed E-state index contributed by atoms with van der Waals surface area (Å²) >= 11 is 0. The van der Waals surface area contributed by atoms with E-state index in [9.17, 15) is 14.9 Å².